The molecule has 4 aromatic rings. The maximum absolute atomic E-state index is 12.9. The zero-order valence-corrected chi connectivity index (χ0v) is 16.8. The largest absolute Gasteiger partial charge is 0.465 e. The van der Waals surface area contributed by atoms with Gasteiger partial charge in [-0.05, 0) is 17.2 Å². The molecule has 0 atom stereocenters. The highest BCUT2D eigenvalue weighted by Crippen LogP contribution is 2.49. The smallest absolute Gasteiger partial charge is 0.340 e. The van der Waals surface area contributed by atoms with Crippen molar-refractivity contribution in [2.45, 2.75) is 0 Å². The molecule has 0 saturated heterocycles. The molecule has 138 valence electrons. The average Bonchev–Trinajstić information content (AvgIpc) is 3.15. The van der Waals surface area contributed by atoms with Gasteiger partial charge in [0.15, 0.2) is 0 Å². The Labute approximate surface area is 173 Å². The first-order valence-corrected chi connectivity index (χ1v) is 10.0. The van der Waals surface area contributed by atoms with Crippen LogP contribution in [-0.2, 0) is 4.74 Å². The second-order valence-electron chi connectivity index (χ2n) is 6.21. The fraction of sp³-hybridized carbons (Fsp3) is 0.0417. The molecule has 4 heteroatoms. The van der Waals surface area contributed by atoms with Gasteiger partial charge in [0.25, 0.3) is 0 Å². The number of benzene rings is 3. The van der Waals surface area contributed by atoms with Crippen molar-refractivity contribution in [2.24, 2.45) is 0 Å². The molecule has 0 aliphatic heterocycles. The normalized spacial score (nSPS) is 10.6. The van der Waals surface area contributed by atoms with Crippen LogP contribution in [0.2, 0.25) is 5.02 Å². The van der Waals surface area contributed by atoms with Crippen LogP contribution in [0, 0.1) is 0 Å². The molecule has 1 heterocycles. The topological polar surface area (TPSA) is 26.3 Å². The molecule has 0 radical (unpaired) electrons. The van der Waals surface area contributed by atoms with Gasteiger partial charge in [-0.2, -0.15) is 0 Å². The van der Waals surface area contributed by atoms with Gasteiger partial charge < -0.3 is 4.74 Å². The number of hydrogen-bond acceptors (Lipinski definition) is 3. The maximum atomic E-state index is 12.9. The third kappa shape index (κ3) is 3.35. The summed E-state index contributed by atoms with van der Waals surface area (Å²) in [4.78, 5) is 14.8. The molecule has 0 bridgehead atoms. The van der Waals surface area contributed by atoms with Crippen LogP contribution < -0.4 is 0 Å². The minimum absolute atomic E-state index is 0.368. The molecule has 1 aromatic heterocycles. The van der Waals surface area contributed by atoms with E-state index in [1.807, 2.05) is 84.9 Å². The van der Waals surface area contributed by atoms with E-state index in [1.54, 1.807) is 11.3 Å². The van der Waals surface area contributed by atoms with Crippen molar-refractivity contribution >= 4 is 28.9 Å². The first-order valence-electron chi connectivity index (χ1n) is 8.81. The Morgan fingerprint density at radius 3 is 1.89 bits per heavy atom. The summed E-state index contributed by atoms with van der Waals surface area (Å²) in [5.74, 6) is -0.368. The van der Waals surface area contributed by atoms with E-state index in [0.717, 1.165) is 32.0 Å². The number of methoxy groups -OCH3 is 1. The van der Waals surface area contributed by atoms with Crippen molar-refractivity contribution in [1.29, 1.82) is 0 Å². The van der Waals surface area contributed by atoms with Gasteiger partial charge in [-0.15, -0.1) is 11.3 Å². The van der Waals surface area contributed by atoms with Crippen LogP contribution >= 0.6 is 22.9 Å². The maximum Gasteiger partial charge on any atom is 0.340 e. The second kappa shape index (κ2) is 8.01. The molecule has 2 nitrogen and oxygen atoms in total. The number of rotatable bonds is 4. The molecule has 0 unspecified atom stereocenters. The highest BCUT2D eigenvalue weighted by molar-refractivity contribution is 7.20. The summed E-state index contributed by atoms with van der Waals surface area (Å²) in [6, 6.07) is 27.5. The predicted molar refractivity (Wildman–Crippen MR) is 117 cm³/mol. The van der Waals surface area contributed by atoms with Crippen LogP contribution in [0.4, 0.5) is 0 Å². The number of thiophene rings is 1. The molecular weight excluding hydrogens is 388 g/mol. The number of ether oxygens (including phenoxy) is 1. The van der Waals surface area contributed by atoms with Gasteiger partial charge >= 0.3 is 5.97 Å². The van der Waals surface area contributed by atoms with Crippen molar-refractivity contribution in [2.75, 3.05) is 7.11 Å². The lowest BCUT2D eigenvalue weighted by atomic mass is 9.95. The summed E-state index contributed by atoms with van der Waals surface area (Å²) in [7, 11) is 1.41. The summed E-state index contributed by atoms with van der Waals surface area (Å²) in [6.07, 6.45) is 0. The van der Waals surface area contributed by atoms with Crippen LogP contribution in [0.5, 0.6) is 0 Å². The first kappa shape index (κ1) is 18.5. The van der Waals surface area contributed by atoms with E-state index < -0.39 is 0 Å². The summed E-state index contributed by atoms with van der Waals surface area (Å²) in [6.45, 7) is 0. The SMILES string of the molecule is COC(=O)c1c(-c2ccccc2)sc(-c2ccccc2)c1-c1ccccc1Cl. The van der Waals surface area contributed by atoms with E-state index in [1.165, 1.54) is 7.11 Å². The van der Waals surface area contributed by atoms with E-state index >= 15 is 0 Å². The Bertz CT molecular complexity index is 1120. The monoisotopic (exact) mass is 404 g/mol. The van der Waals surface area contributed by atoms with Crippen molar-refractivity contribution in [3.63, 3.8) is 0 Å². The van der Waals surface area contributed by atoms with Gasteiger partial charge in [0.2, 0.25) is 0 Å². The number of carbonyl (C=O) groups is 1. The molecule has 3 aromatic carbocycles. The highest BCUT2D eigenvalue weighted by atomic mass is 35.5. The molecular formula is C24H17ClO2S. The Morgan fingerprint density at radius 1 is 0.786 bits per heavy atom. The van der Waals surface area contributed by atoms with Gasteiger partial charge in [-0.25, -0.2) is 4.79 Å². The molecule has 0 fully saturated rings. The third-order valence-corrected chi connectivity index (χ3v) is 6.13. The average molecular weight is 405 g/mol. The van der Waals surface area contributed by atoms with Crippen LogP contribution in [0.1, 0.15) is 10.4 Å². The molecule has 0 saturated carbocycles. The van der Waals surface area contributed by atoms with Crippen molar-refractivity contribution in [1.82, 2.24) is 0 Å². The lowest BCUT2D eigenvalue weighted by molar-refractivity contribution is 0.0603. The minimum Gasteiger partial charge on any atom is -0.465 e. The fourth-order valence-electron chi connectivity index (χ4n) is 3.23. The van der Waals surface area contributed by atoms with Crippen molar-refractivity contribution in [3.05, 3.63) is 95.5 Å². The van der Waals surface area contributed by atoms with Crippen LogP contribution in [0.3, 0.4) is 0 Å². The molecule has 0 N–H and O–H groups in total. The van der Waals surface area contributed by atoms with E-state index in [-0.39, 0.29) is 5.97 Å². The van der Waals surface area contributed by atoms with E-state index in [9.17, 15) is 4.79 Å². The third-order valence-electron chi connectivity index (χ3n) is 4.51. The van der Waals surface area contributed by atoms with Crippen LogP contribution in [0.25, 0.3) is 32.0 Å². The zero-order chi connectivity index (χ0) is 19.5. The minimum atomic E-state index is -0.368. The lowest BCUT2D eigenvalue weighted by Gasteiger charge is -2.10. The van der Waals surface area contributed by atoms with Crippen LogP contribution in [0.15, 0.2) is 84.9 Å². The number of esters is 1. The van der Waals surface area contributed by atoms with Gasteiger partial charge in [0.1, 0.15) is 0 Å². The van der Waals surface area contributed by atoms with Gasteiger partial charge in [-0.1, -0.05) is 90.5 Å². The standard InChI is InChI=1S/C24H17ClO2S/c1-27-24(26)21-20(18-14-8-9-15-19(18)25)22(16-10-4-2-5-11-16)28-23(21)17-12-6-3-7-13-17/h2-15H,1H3. The van der Waals surface area contributed by atoms with Gasteiger partial charge in [0.05, 0.1) is 17.6 Å². The van der Waals surface area contributed by atoms with E-state index in [2.05, 4.69) is 0 Å². The van der Waals surface area contributed by atoms with Gasteiger partial charge in [0, 0.05) is 21.0 Å². The Balaban J connectivity index is 2.10. The lowest BCUT2D eigenvalue weighted by Crippen LogP contribution is -2.03. The second-order valence-corrected chi connectivity index (χ2v) is 7.64. The first-order chi connectivity index (χ1) is 13.7. The summed E-state index contributed by atoms with van der Waals surface area (Å²) in [5.41, 5.74) is 4.19. The number of carbonyl (C=O) groups excluding carboxylic acids is 1. The van der Waals surface area contributed by atoms with Crippen LogP contribution in [-0.4, -0.2) is 13.1 Å². The van der Waals surface area contributed by atoms with Crippen molar-refractivity contribution in [3.8, 4) is 32.0 Å². The molecule has 0 aliphatic carbocycles. The molecule has 28 heavy (non-hydrogen) atoms. The molecule has 0 aliphatic rings. The van der Waals surface area contributed by atoms with E-state index in [4.69, 9.17) is 16.3 Å². The van der Waals surface area contributed by atoms with Gasteiger partial charge in [-0.3, -0.25) is 0 Å². The van der Waals surface area contributed by atoms with Crippen molar-refractivity contribution < 1.29 is 9.53 Å². The van der Waals surface area contributed by atoms with E-state index in [0.29, 0.717) is 10.6 Å². The Morgan fingerprint density at radius 2 is 1.32 bits per heavy atom. The Hall–Kier alpha value is -2.88. The molecule has 4 rings (SSSR count). The highest BCUT2D eigenvalue weighted by Gasteiger charge is 2.27. The summed E-state index contributed by atoms with van der Waals surface area (Å²) in [5, 5.41) is 0.599. The fourth-order valence-corrected chi connectivity index (χ4v) is 4.78. The number of halogens is 1. The molecule has 0 amide bonds. The number of hydrogen-bond donors (Lipinski definition) is 0. The Kier molecular flexibility index (Phi) is 5.29. The predicted octanol–water partition coefficient (Wildman–Crippen LogP) is 7.19. The molecule has 0 spiro atoms. The zero-order valence-electron chi connectivity index (χ0n) is 15.2. The summed E-state index contributed by atoms with van der Waals surface area (Å²) >= 11 is 8.13. The quantitative estimate of drug-likeness (QED) is 0.336. The summed E-state index contributed by atoms with van der Waals surface area (Å²) < 4.78 is 5.17.